The first-order chi connectivity index (χ1) is 14.3. The minimum absolute atomic E-state index is 0.0183. The van der Waals surface area contributed by atoms with Crippen molar-refractivity contribution in [2.75, 3.05) is 0 Å². The van der Waals surface area contributed by atoms with Crippen LogP contribution in [0.2, 0.25) is 0 Å². The van der Waals surface area contributed by atoms with Gasteiger partial charge in [0, 0.05) is 29.6 Å². The molecule has 1 heterocycles. The van der Waals surface area contributed by atoms with Gasteiger partial charge in [0.2, 0.25) is 5.91 Å². The first-order valence-electron chi connectivity index (χ1n) is 12.1. The van der Waals surface area contributed by atoms with Crippen LogP contribution in [-0.4, -0.2) is 51.0 Å². The maximum Gasteiger partial charge on any atom is 0.407 e. The van der Waals surface area contributed by atoms with Crippen molar-refractivity contribution in [3.05, 3.63) is 0 Å². The highest BCUT2D eigenvalue weighted by atomic mass is 16.6. The van der Waals surface area contributed by atoms with Gasteiger partial charge in [-0.25, -0.2) is 4.79 Å². The Balaban J connectivity index is 2.75. The second kappa shape index (κ2) is 10.7. The smallest absolute Gasteiger partial charge is 0.407 e. The van der Waals surface area contributed by atoms with Gasteiger partial charge in [0.25, 0.3) is 0 Å². The molecule has 0 unspecified atom stereocenters. The van der Waals surface area contributed by atoms with Crippen molar-refractivity contribution in [1.82, 2.24) is 15.7 Å². The lowest BCUT2D eigenvalue weighted by atomic mass is 9.78. The average molecular weight is 456 g/mol. The zero-order valence-electron chi connectivity index (χ0n) is 22.3. The van der Waals surface area contributed by atoms with Crippen molar-refractivity contribution in [2.45, 2.75) is 131 Å². The number of piperidine rings is 1. The van der Waals surface area contributed by atoms with Gasteiger partial charge >= 0.3 is 6.09 Å². The third kappa shape index (κ3) is 8.89. The zero-order valence-corrected chi connectivity index (χ0v) is 22.3. The second-order valence-electron chi connectivity index (χ2n) is 12.5. The van der Waals surface area contributed by atoms with Gasteiger partial charge in [-0.2, -0.15) is 5.06 Å². The summed E-state index contributed by atoms with van der Waals surface area (Å²) in [4.78, 5) is 25.3. The Bertz CT molecular complexity index is 622. The Hall–Kier alpha value is -1.34. The lowest BCUT2D eigenvalue weighted by molar-refractivity contribution is -0.246. The molecule has 0 aliphatic carbocycles. The molecule has 3 N–H and O–H groups in total. The molecule has 188 valence electrons. The van der Waals surface area contributed by atoms with Crippen LogP contribution in [0.3, 0.4) is 0 Å². The maximum absolute atomic E-state index is 12.9. The first-order valence-corrected chi connectivity index (χ1v) is 12.1. The molecule has 1 fully saturated rings. The highest BCUT2D eigenvalue weighted by Gasteiger charge is 2.45. The predicted octanol–water partition coefficient (Wildman–Crippen LogP) is 5.12. The second-order valence-corrected chi connectivity index (χ2v) is 12.5. The molecule has 1 aliphatic heterocycles. The van der Waals surface area contributed by atoms with Crippen molar-refractivity contribution in [2.24, 2.45) is 17.8 Å². The molecule has 0 bridgehead atoms. The van der Waals surface area contributed by atoms with E-state index in [1.54, 1.807) is 0 Å². The Morgan fingerprint density at radius 1 is 1.06 bits per heavy atom. The van der Waals surface area contributed by atoms with Crippen molar-refractivity contribution in [3.63, 3.8) is 0 Å². The number of hydroxylamine groups is 2. The summed E-state index contributed by atoms with van der Waals surface area (Å²) in [6.07, 6.45) is 2.19. The van der Waals surface area contributed by atoms with Gasteiger partial charge < -0.3 is 20.6 Å². The van der Waals surface area contributed by atoms with E-state index in [0.29, 0.717) is 25.2 Å². The molecule has 0 radical (unpaired) electrons. The number of rotatable bonds is 8. The van der Waals surface area contributed by atoms with Crippen molar-refractivity contribution in [3.8, 4) is 0 Å². The first kappa shape index (κ1) is 28.7. The molecule has 3 atom stereocenters. The van der Waals surface area contributed by atoms with E-state index in [0.717, 1.165) is 6.42 Å². The summed E-state index contributed by atoms with van der Waals surface area (Å²) in [6.45, 7) is 22.0. The van der Waals surface area contributed by atoms with Gasteiger partial charge in [0.15, 0.2) is 0 Å². The third-order valence-electron chi connectivity index (χ3n) is 6.47. The van der Waals surface area contributed by atoms with Crippen LogP contribution in [0.5, 0.6) is 0 Å². The van der Waals surface area contributed by atoms with Gasteiger partial charge in [-0.1, -0.05) is 27.7 Å². The average Bonchev–Trinajstić information content (AvgIpc) is 2.55. The Morgan fingerprint density at radius 3 is 2.00 bits per heavy atom. The van der Waals surface area contributed by atoms with E-state index in [1.807, 2.05) is 48.5 Å². The van der Waals surface area contributed by atoms with E-state index in [-0.39, 0.29) is 29.8 Å². The number of ether oxygens (including phenoxy) is 1. The van der Waals surface area contributed by atoms with Crippen LogP contribution < -0.4 is 10.6 Å². The molecule has 32 heavy (non-hydrogen) atoms. The monoisotopic (exact) mass is 455 g/mol. The molecule has 0 spiro atoms. The molecule has 2 amide bonds. The SMILES string of the molecule is CC(C)C[C@H](NC(=O)OC(C)(C)C)[C@H](C)[C@@H](C)CC(=O)NC1CC(C)(C)N(O)C(C)(C)C1. The summed E-state index contributed by atoms with van der Waals surface area (Å²) >= 11 is 0. The highest BCUT2D eigenvalue weighted by Crippen LogP contribution is 2.36. The van der Waals surface area contributed by atoms with Crippen LogP contribution in [0.25, 0.3) is 0 Å². The Morgan fingerprint density at radius 2 is 1.56 bits per heavy atom. The highest BCUT2D eigenvalue weighted by molar-refractivity contribution is 5.76. The number of carbonyl (C=O) groups excluding carboxylic acids is 2. The molecular weight excluding hydrogens is 406 g/mol. The van der Waals surface area contributed by atoms with Crippen LogP contribution in [-0.2, 0) is 9.53 Å². The maximum atomic E-state index is 12.9. The summed E-state index contributed by atoms with van der Waals surface area (Å²) < 4.78 is 5.46. The number of nitrogens with one attached hydrogen (secondary N) is 2. The number of carbonyl (C=O) groups is 2. The van der Waals surface area contributed by atoms with E-state index in [9.17, 15) is 14.8 Å². The molecule has 0 aromatic carbocycles. The van der Waals surface area contributed by atoms with Crippen molar-refractivity contribution < 1.29 is 19.5 Å². The summed E-state index contributed by atoms with van der Waals surface area (Å²) in [5.41, 5.74) is -1.36. The molecule has 1 aliphatic rings. The van der Waals surface area contributed by atoms with E-state index in [4.69, 9.17) is 4.74 Å². The van der Waals surface area contributed by atoms with Crippen LogP contribution in [0, 0.1) is 17.8 Å². The Kier molecular flexibility index (Phi) is 9.62. The number of hydrogen-bond donors (Lipinski definition) is 3. The fourth-order valence-corrected chi connectivity index (χ4v) is 4.91. The number of amides is 2. The molecule has 7 heteroatoms. The van der Waals surface area contributed by atoms with E-state index in [1.165, 1.54) is 5.06 Å². The number of hydrogen-bond acceptors (Lipinski definition) is 5. The van der Waals surface area contributed by atoms with E-state index < -0.39 is 22.8 Å². The summed E-state index contributed by atoms with van der Waals surface area (Å²) in [7, 11) is 0. The topological polar surface area (TPSA) is 90.9 Å². The van der Waals surface area contributed by atoms with Crippen LogP contribution in [0.1, 0.15) is 102 Å². The van der Waals surface area contributed by atoms with Gasteiger partial charge in [0.05, 0.1) is 0 Å². The fraction of sp³-hybridized carbons (Fsp3) is 0.920. The van der Waals surface area contributed by atoms with Crippen molar-refractivity contribution in [1.29, 1.82) is 0 Å². The lowest BCUT2D eigenvalue weighted by Crippen LogP contribution is -2.63. The minimum Gasteiger partial charge on any atom is -0.444 e. The van der Waals surface area contributed by atoms with Crippen LogP contribution in [0.15, 0.2) is 0 Å². The molecular formula is C25H49N3O4. The van der Waals surface area contributed by atoms with Crippen LogP contribution >= 0.6 is 0 Å². The normalized spacial score (nSPS) is 22.2. The lowest BCUT2D eigenvalue weighted by Gasteiger charge is -2.51. The number of nitrogens with zero attached hydrogens (tertiary/aromatic N) is 1. The Labute approximate surface area is 196 Å². The van der Waals surface area contributed by atoms with E-state index >= 15 is 0 Å². The predicted molar refractivity (Wildman–Crippen MR) is 129 cm³/mol. The summed E-state index contributed by atoms with van der Waals surface area (Å²) in [5.74, 6) is 0.634. The number of alkyl carbamates (subject to hydrolysis) is 1. The van der Waals surface area contributed by atoms with E-state index in [2.05, 4.69) is 38.3 Å². The minimum atomic E-state index is -0.549. The van der Waals surface area contributed by atoms with Gasteiger partial charge in [-0.05, 0) is 85.5 Å². The third-order valence-corrected chi connectivity index (χ3v) is 6.47. The molecule has 0 aromatic rings. The summed E-state index contributed by atoms with van der Waals surface area (Å²) in [6, 6.07) is -0.0482. The largest absolute Gasteiger partial charge is 0.444 e. The molecule has 1 saturated heterocycles. The molecule has 0 saturated carbocycles. The van der Waals surface area contributed by atoms with Crippen molar-refractivity contribution >= 4 is 12.0 Å². The quantitative estimate of drug-likeness (QED) is 0.473. The molecule has 0 aromatic heterocycles. The van der Waals surface area contributed by atoms with Gasteiger partial charge in [-0.15, -0.1) is 0 Å². The molecule has 7 nitrogen and oxygen atoms in total. The summed E-state index contributed by atoms with van der Waals surface area (Å²) in [5, 5.41) is 18.1. The van der Waals surface area contributed by atoms with Crippen LogP contribution in [0.4, 0.5) is 4.79 Å². The standard InChI is InChI=1S/C25H49N3O4/c1-16(2)12-20(27-22(30)32-23(5,6)7)18(4)17(3)13-21(29)26-19-14-24(8,9)28(31)25(10,11)15-19/h16-20,31H,12-15H2,1-11H3,(H,26,29)(H,27,30)/t17-,18+,20-/m0/s1. The zero-order chi connectivity index (χ0) is 25.1. The van der Waals surface area contributed by atoms with Gasteiger partial charge in [-0.3, -0.25) is 4.79 Å². The fourth-order valence-electron chi connectivity index (χ4n) is 4.91. The van der Waals surface area contributed by atoms with Gasteiger partial charge in [0.1, 0.15) is 5.60 Å². The molecule has 1 rings (SSSR count).